The van der Waals surface area contributed by atoms with E-state index in [4.69, 9.17) is 11.6 Å². The Balaban J connectivity index is 3.21. The minimum absolute atomic E-state index is 0.0228. The summed E-state index contributed by atoms with van der Waals surface area (Å²) < 4.78 is 24.8. The molecule has 4 nitrogen and oxygen atoms in total. The number of halogens is 1. The molecule has 0 saturated carbocycles. The van der Waals surface area contributed by atoms with Crippen LogP contribution >= 0.6 is 23.1 Å². The summed E-state index contributed by atoms with van der Waals surface area (Å²) in [7, 11) is -3.22. The van der Waals surface area contributed by atoms with Crippen LogP contribution in [-0.4, -0.2) is 24.0 Å². The van der Waals surface area contributed by atoms with Gasteiger partial charge in [-0.25, -0.2) is 8.42 Å². The average Bonchev–Trinajstić information content (AvgIpc) is 2.11. The summed E-state index contributed by atoms with van der Waals surface area (Å²) >= 11 is 6.07. The first-order valence-corrected chi connectivity index (χ1v) is 5.23. The second-order valence-electron chi connectivity index (χ2n) is 1.60. The number of aromatic nitrogens is 2. The number of sulfone groups is 1. The van der Waals surface area contributed by atoms with Crippen LogP contribution in [0.1, 0.15) is 0 Å². The minimum Gasteiger partial charge on any atom is -0.221 e. The van der Waals surface area contributed by atoms with Gasteiger partial charge in [-0.1, -0.05) is 0 Å². The number of hydrogen-bond donors (Lipinski definition) is 0. The van der Waals surface area contributed by atoms with Gasteiger partial charge in [0.05, 0.1) is 0 Å². The summed E-state index contributed by atoms with van der Waals surface area (Å²) in [6.07, 6.45) is 1.06. The van der Waals surface area contributed by atoms with E-state index in [2.05, 4.69) is 9.36 Å². The molecule has 56 valence electrons. The molecule has 0 aliphatic carbocycles. The third kappa shape index (κ3) is 1.65. The molecule has 0 aliphatic heterocycles. The zero-order chi connectivity index (χ0) is 7.78. The van der Waals surface area contributed by atoms with Crippen LogP contribution in [0.15, 0.2) is 4.34 Å². The van der Waals surface area contributed by atoms with E-state index in [1.165, 1.54) is 0 Å². The normalized spacial score (nSPS) is 11.8. The molecule has 0 bridgehead atoms. The molecule has 0 N–H and O–H groups in total. The zero-order valence-electron chi connectivity index (χ0n) is 4.91. The molecule has 1 rings (SSSR count). The van der Waals surface area contributed by atoms with E-state index in [0.717, 1.165) is 17.8 Å². The van der Waals surface area contributed by atoms with Gasteiger partial charge in [-0.05, 0) is 23.1 Å². The Labute approximate surface area is 66.9 Å². The van der Waals surface area contributed by atoms with Gasteiger partial charge >= 0.3 is 0 Å². The summed E-state index contributed by atoms with van der Waals surface area (Å²) in [4.78, 5) is 3.47. The van der Waals surface area contributed by atoms with Crippen LogP contribution in [0.4, 0.5) is 0 Å². The van der Waals surface area contributed by atoms with Crippen molar-refractivity contribution in [3.8, 4) is 0 Å². The molecule has 0 saturated heterocycles. The molecule has 1 aromatic rings. The monoisotopic (exact) mass is 198 g/mol. The van der Waals surface area contributed by atoms with Crippen molar-refractivity contribution in [2.24, 2.45) is 0 Å². The van der Waals surface area contributed by atoms with Crippen molar-refractivity contribution in [2.75, 3.05) is 6.26 Å². The van der Waals surface area contributed by atoms with E-state index in [9.17, 15) is 8.42 Å². The molecule has 0 fully saturated rings. The van der Waals surface area contributed by atoms with Crippen molar-refractivity contribution >= 4 is 33.0 Å². The predicted octanol–water partition coefficient (Wildman–Crippen LogP) is 0.595. The predicted molar refractivity (Wildman–Crippen MR) is 38.0 cm³/mol. The van der Waals surface area contributed by atoms with Crippen LogP contribution in [0.3, 0.4) is 0 Å². The molecule has 1 aromatic heterocycles. The lowest BCUT2D eigenvalue weighted by molar-refractivity contribution is 0.601. The van der Waals surface area contributed by atoms with Gasteiger partial charge in [-0.15, -0.1) is 0 Å². The second kappa shape index (κ2) is 2.44. The first kappa shape index (κ1) is 7.90. The number of hydrogen-bond acceptors (Lipinski definition) is 5. The standard InChI is InChI=1S/C3H3ClN2O2S2/c1-10(7,8)3-5-2(4)6-9-3/h1H3. The van der Waals surface area contributed by atoms with Crippen molar-refractivity contribution in [1.29, 1.82) is 0 Å². The molecule has 7 heteroatoms. The Kier molecular flexibility index (Phi) is 1.93. The van der Waals surface area contributed by atoms with E-state index in [1.54, 1.807) is 0 Å². The van der Waals surface area contributed by atoms with E-state index in [1.807, 2.05) is 0 Å². The lowest BCUT2D eigenvalue weighted by Gasteiger charge is -1.83. The van der Waals surface area contributed by atoms with Gasteiger partial charge in [0.15, 0.2) is 0 Å². The second-order valence-corrected chi connectivity index (χ2v) is 4.88. The van der Waals surface area contributed by atoms with E-state index < -0.39 is 9.84 Å². The molecule has 10 heavy (non-hydrogen) atoms. The highest BCUT2D eigenvalue weighted by molar-refractivity contribution is 7.92. The minimum atomic E-state index is -3.22. The summed E-state index contributed by atoms with van der Waals surface area (Å²) in [5.41, 5.74) is 0. The van der Waals surface area contributed by atoms with Crippen LogP contribution in [0.2, 0.25) is 5.28 Å². The highest BCUT2D eigenvalue weighted by Crippen LogP contribution is 2.13. The lowest BCUT2D eigenvalue weighted by atomic mass is 11.3. The molecule has 0 aliphatic rings. The third-order valence-electron chi connectivity index (χ3n) is 0.700. The van der Waals surface area contributed by atoms with Gasteiger partial charge in [0.25, 0.3) is 0 Å². The van der Waals surface area contributed by atoms with Crippen LogP contribution in [-0.2, 0) is 9.84 Å². The number of rotatable bonds is 1. The fraction of sp³-hybridized carbons (Fsp3) is 0.333. The van der Waals surface area contributed by atoms with Gasteiger partial charge < -0.3 is 0 Å². The Morgan fingerprint density at radius 3 is 2.40 bits per heavy atom. The van der Waals surface area contributed by atoms with Crippen LogP contribution < -0.4 is 0 Å². The summed E-state index contributed by atoms with van der Waals surface area (Å²) in [6, 6.07) is 0. The highest BCUT2D eigenvalue weighted by atomic mass is 35.5. The Morgan fingerprint density at radius 2 is 2.20 bits per heavy atom. The van der Waals surface area contributed by atoms with Crippen molar-refractivity contribution in [2.45, 2.75) is 4.34 Å². The van der Waals surface area contributed by atoms with Crippen LogP contribution in [0.5, 0.6) is 0 Å². The maximum Gasteiger partial charge on any atom is 0.235 e. The molecule has 0 atom stereocenters. The Morgan fingerprint density at radius 1 is 1.60 bits per heavy atom. The molecule has 0 spiro atoms. The third-order valence-corrected chi connectivity index (χ3v) is 3.34. The summed E-state index contributed by atoms with van der Waals surface area (Å²) in [5.74, 6) is 0. The lowest BCUT2D eigenvalue weighted by Crippen LogP contribution is -1.94. The molecule has 0 unspecified atom stereocenters. The molecule has 0 aromatic carbocycles. The van der Waals surface area contributed by atoms with Crippen molar-refractivity contribution < 1.29 is 8.42 Å². The smallest absolute Gasteiger partial charge is 0.221 e. The van der Waals surface area contributed by atoms with Gasteiger partial charge in [0.1, 0.15) is 0 Å². The van der Waals surface area contributed by atoms with Gasteiger partial charge in [0.2, 0.25) is 19.5 Å². The fourth-order valence-corrected chi connectivity index (χ4v) is 1.86. The highest BCUT2D eigenvalue weighted by Gasteiger charge is 2.12. The van der Waals surface area contributed by atoms with Crippen molar-refractivity contribution in [3.63, 3.8) is 0 Å². The Bertz CT molecular complexity index is 330. The van der Waals surface area contributed by atoms with E-state index >= 15 is 0 Å². The molecular weight excluding hydrogens is 196 g/mol. The molecule has 0 amide bonds. The van der Waals surface area contributed by atoms with Crippen LogP contribution in [0, 0.1) is 0 Å². The maximum atomic E-state index is 10.7. The maximum absolute atomic E-state index is 10.7. The van der Waals surface area contributed by atoms with E-state index in [0.29, 0.717) is 0 Å². The summed E-state index contributed by atoms with van der Waals surface area (Å²) in [5, 5.41) is -0.0228. The fourth-order valence-electron chi connectivity index (χ4n) is 0.343. The molecule has 1 heterocycles. The topological polar surface area (TPSA) is 59.9 Å². The first-order valence-electron chi connectivity index (χ1n) is 2.19. The van der Waals surface area contributed by atoms with Crippen LogP contribution in [0.25, 0.3) is 0 Å². The van der Waals surface area contributed by atoms with Gasteiger partial charge in [-0.2, -0.15) is 9.36 Å². The first-order chi connectivity index (χ1) is 4.50. The summed E-state index contributed by atoms with van der Waals surface area (Å²) in [6.45, 7) is 0. The molecular formula is C3H3ClN2O2S2. The SMILES string of the molecule is CS(=O)(=O)c1nc(Cl)ns1. The van der Waals surface area contributed by atoms with Crippen molar-refractivity contribution in [1.82, 2.24) is 9.36 Å². The molecule has 0 radical (unpaired) electrons. The van der Waals surface area contributed by atoms with Gasteiger partial charge in [0, 0.05) is 6.26 Å². The van der Waals surface area contributed by atoms with Crippen molar-refractivity contribution in [3.05, 3.63) is 5.28 Å². The largest absolute Gasteiger partial charge is 0.235 e. The zero-order valence-corrected chi connectivity index (χ0v) is 7.29. The van der Waals surface area contributed by atoms with E-state index in [-0.39, 0.29) is 9.62 Å². The number of nitrogens with zero attached hydrogens (tertiary/aromatic N) is 2. The van der Waals surface area contributed by atoms with Gasteiger partial charge in [-0.3, -0.25) is 0 Å². The Hall–Kier alpha value is -0.200. The quantitative estimate of drug-likeness (QED) is 0.663. The average molecular weight is 199 g/mol.